The van der Waals surface area contributed by atoms with E-state index >= 15 is 0 Å². The second-order valence-corrected chi connectivity index (χ2v) is 26.2. The summed E-state index contributed by atoms with van der Waals surface area (Å²) in [7, 11) is -2.23. The maximum atomic E-state index is 2.66. The van der Waals surface area contributed by atoms with Crippen LogP contribution < -0.4 is 10.4 Å². The van der Waals surface area contributed by atoms with Crippen molar-refractivity contribution in [3.63, 3.8) is 0 Å². The molecule has 0 amide bonds. The third kappa shape index (κ3) is 5.03. The Labute approximate surface area is 405 Å². The highest BCUT2D eigenvalue weighted by atomic mass is 28.3. The smallest absolute Gasteiger partial charge is 0.0619 e. The van der Waals surface area contributed by atoms with Crippen LogP contribution in [0.25, 0.3) is 121 Å². The molecule has 69 heavy (non-hydrogen) atoms. The van der Waals surface area contributed by atoms with Crippen molar-refractivity contribution in [3.8, 4) is 89.0 Å². The first-order valence-corrected chi connectivity index (χ1v) is 27.8. The molecule has 0 unspecified atom stereocenters. The molecule has 11 aromatic carbocycles. The summed E-state index contributed by atoms with van der Waals surface area (Å²) in [6, 6.07) is 75.3. The van der Waals surface area contributed by atoms with Gasteiger partial charge >= 0.3 is 0 Å². The molecule has 326 valence electrons. The lowest BCUT2D eigenvalue weighted by Crippen LogP contribution is -2.49. The average molecular weight is 895 g/mol. The van der Waals surface area contributed by atoms with E-state index in [2.05, 4.69) is 235 Å². The van der Waals surface area contributed by atoms with Gasteiger partial charge in [-0.3, -0.25) is 0 Å². The van der Waals surface area contributed by atoms with Crippen molar-refractivity contribution in [1.82, 2.24) is 0 Å². The number of hydrogen-bond acceptors (Lipinski definition) is 0. The number of rotatable bonds is 3. The molecule has 0 nitrogen and oxygen atoms in total. The summed E-state index contributed by atoms with van der Waals surface area (Å²) in [5, 5.41) is 11.1. The molecule has 0 bridgehead atoms. The minimum atomic E-state index is -2.23. The Hall–Kier alpha value is -7.58. The van der Waals surface area contributed by atoms with Gasteiger partial charge in [0.2, 0.25) is 0 Å². The second kappa shape index (κ2) is 13.3. The van der Waals surface area contributed by atoms with Crippen LogP contribution in [-0.4, -0.2) is 8.07 Å². The van der Waals surface area contributed by atoms with Gasteiger partial charge in [-0.2, -0.15) is 0 Å². The Morgan fingerprint density at radius 3 is 1.30 bits per heavy atom. The predicted octanol–water partition coefficient (Wildman–Crippen LogP) is 17.2. The van der Waals surface area contributed by atoms with E-state index in [1.807, 2.05) is 0 Å². The second-order valence-electron chi connectivity index (χ2n) is 21.9. The van der Waals surface area contributed by atoms with E-state index in [0.29, 0.717) is 0 Å². The van der Waals surface area contributed by atoms with Gasteiger partial charge in [0.05, 0.1) is 0 Å². The van der Waals surface area contributed by atoms with Crippen molar-refractivity contribution >= 4 is 50.8 Å². The quantitative estimate of drug-likeness (QED) is 0.122. The van der Waals surface area contributed by atoms with Gasteiger partial charge in [-0.1, -0.05) is 217 Å². The van der Waals surface area contributed by atoms with E-state index in [0.717, 1.165) is 0 Å². The van der Waals surface area contributed by atoms with Crippen molar-refractivity contribution < 1.29 is 0 Å². The lowest BCUT2D eigenvalue weighted by Gasteiger charge is -2.25. The summed E-state index contributed by atoms with van der Waals surface area (Å²) in [5.41, 5.74) is 26.9. The fourth-order valence-electron chi connectivity index (χ4n) is 14.0. The molecule has 4 aliphatic rings. The summed E-state index contributed by atoms with van der Waals surface area (Å²) in [4.78, 5) is 0. The number of fused-ring (bicyclic) bond motifs is 14. The highest BCUT2D eigenvalue weighted by molar-refractivity contribution is 7.04. The molecule has 0 saturated carbocycles. The Kier molecular flexibility index (Phi) is 7.62. The zero-order chi connectivity index (χ0) is 46.3. The van der Waals surface area contributed by atoms with Gasteiger partial charge in [-0.25, -0.2) is 0 Å². The van der Waals surface area contributed by atoms with E-state index in [1.54, 1.807) is 0 Å². The fourth-order valence-corrected chi connectivity index (χ4v) is 17.1. The molecule has 1 heterocycles. The molecular weight excluding hydrogens is 845 g/mol. The highest BCUT2D eigenvalue weighted by Crippen LogP contribution is 2.55. The highest BCUT2D eigenvalue weighted by Gasteiger charge is 2.41. The summed E-state index contributed by atoms with van der Waals surface area (Å²) in [6.45, 7) is 14.8. The molecule has 0 atom stereocenters. The average Bonchev–Trinajstić information content (AvgIpc) is 3.99. The third-order valence-corrected chi connectivity index (χ3v) is 20.9. The molecule has 11 aromatic rings. The van der Waals surface area contributed by atoms with Crippen LogP contribution in [0.15, 0.2) is 194 Å². The molecule has 0 fully saturated rings. The van der Waals surface area contributed by atoms with E-state index < -0.39 is 8.07 Å². The normalized spacial score (nSPS) is 15.4. The lowest BCUT2D eigenvalue weighted by atomic mass is 9.79. The van der Waals surface area contributed by atoms with Gasteiger partial charge in [0.15, 0.2) is 0 Å². The maximum Gasteiger partial charge on any atom is 0.113 e. The summed E-state index contributed by atoms with van der Waals surface area (Å²) in [6.07, 6.45) is 0. The Balaban J connectivity index is 0.983. The molecular formula is C68H50Si. The molecule has 3 aliphatic carbocycles. The summed E-state index contributed by atoms with van der Waals surface area (Å²) in [5.74, 6) is 0. The topological polar surface area (TPSA) is 0 Å². The van der Waals surface area contributed by atoms with Gasteiger partial charge in [0.1, 0.15) is 8.07 Å². The van der Waals surface area contributed by atoms with Crippen LogP contribution in [0.5, 0.6) is 0 Å². The van der Waals surface area contributed by atoms with Crippen LogP contribution >= 0.6 is 0 Å². The van der Waals surface area contributed by atoms with E-state index in [-0.39, 0.29) is 10.8 Å². The Bertz CT molecular complexity index is 4130. The van der Waals surface area contributed by atoms with Crippen LogP contribution in [0.1, 0.15) is 49.9 Å². The van der Waals surface area contributed by atoms with Gasteiger partial charge in [-0.15, -0.1) is 0 Å². The molecule has 1 aliphatic heterocycles. The molecule has 0 spiro atoms. The summed E-state index contributed by atoms with van der Waals surface area (Å²) >= 11 is 0. The first-order chi connectivity index (χ1) is 33.5. The minimum absolute atomic E-state index is 0.104. The van der Waals surface area contributed by atoms with E-state index in [1.165, 1.54) is 154 Å². The molecule has 0 saturated heterocycles. The van der Waals surface area contributed by atoms with Crippen LogP contribution in [0.3, 0.4) is 0 Å². The minimum Gasteiger partial charge on any atom is -0.0619 e. The SMILES string of the molecule is CC1(C)c2ccccc2-c2ccc(-c3c4ccccc4c(-c4ccc5c(c4)C(C)(C)c4ccccc4-5)c4cc5c(cc34)-c3ccc(-c4ccc6c7c(cccc47)-c4ccccc4-6)cc3[Si]5(C)C)cc21. The molecule has 0 aromatic heterocycles. The zero-order valence-electron chi connectivity index (χ0n) is 40.0. The third-order valence-electron chi connectivity index (χ3n) is 17.4. The number of benzene rings is 11. The van der Waals surface area contributed by atoms with Crippen molar-refractivity contribution in [1.29, 1.82) is 0 Å². The first kappa shape index (κ1) is 39.4. The van der Waals surface area contributed by atoms with Crippen molar-refractivity contribution in [2.45, 2.75) is 51.6 Å². The summed E-state index contributed by atoms with van der Waals surface area (Å²) < 4.78 is 0. The van der Waals surface area contributed by atoms with Gasteiger partial charge < -0.3 is 0 Å². The van der Waals surface area contributed by atoms with Crippen molar-refractivity contribution in [3.05, 3.63) is 216 Å². The lowest BCUT2D eigenvalue weighted by molar-refractivity contribution is 0.660. The standard InChI is InChI=1S/C68H50Si/c1-67(2)58-24-13-11-18-45(58)47-29-27-40(34-60(47)67)64-52-20-9-10-21-53(52)65(41-28-30-48-46-19-12-14-25-59(46)68(3,4)61(48)35-41)57-38-63-55(37-56(57)64)49-31-26-39(36-62(49)69(63,5)6)42-32-33-54-44-17-8-7-16-43(44)51-23-15-22-50(42)66(51)54/h7-38H,1-6H3. The predicted molar refractivity (Wildman–Crippen MR) is 297 cm³/mol. The fraction of sp³-hybridized carbons (Fsp3) is 0.118. The largest absolute Gasteiger partial charge is 0.113 e. The van der Waals surface area contributed by atoms with Crippen LogP contribution in [0.2, 0.25) is 13.1 Å². The van der Waals surface area contributed by atoms with Crippen LogP contribution in [-0.2, 0) is 10.8 Å². The number of hydrogen-bond donors (Lipinski definition) is 0. The zero-order valence-corrected chi connectivity index (χ0v) is 41.0. The molecule has 1 heteroatoms. The molecule has 15 rings (SSSR count). The van der Waals surface area contributed by atoms with E-state index in [4.69, 9.17) is 0 Å². The van der Waals surface area contributed by atoms with Gasteiger partial charge in [0, 0.05) is 10.8 Å². The molecule has 0 radical (unpaired) electrons. The van der Waals surface area contributed by atoms with E-state index in [9.17, 15) is 0 Å². The van der Waals surface area contributed by atoms with Crippen molar-refractivity contribution in [2.24, 2.45) is 0 Å². The first-order valence-electron chi connectivity index (χ1n) is 24.8. The van der Waals surface area contributed by atoms with Gasteiger partial charge in [0.25, 0.3) is 0 Å². The van der Waals surface area contributed by atoms with Gasteiger partial charge in [-0.05, 0) is 172 Å². The Morgan fingerprint density at radius 2 is 0.696 bits per heavy atom. The Morgan fingerprint density at radius 1 is 0.275 bits per heavy atom. The van der Waals surface area contributed by atoms with Crippen molar-refractivity contribution in [2.75, 3.05) is 0 Å². The molecule has 0 N–H and O–H groups in total. The van der Waals surface area contributed by atoms with Crippen LogP contribution in [0, 0.1) is 0 Å². The van der Waals surface area contributed by atoms with Crippen LogP contribution in [0.4, 0.5) is 0 Å². The maximum absolute atomic E-state index is 2.66. The monoisotopic (exact) mass is 894 g/mol.